The van der Waals surface area contributed by atoms with Crippen molar-refractivity contribution in [2.75, 3.05) is 0 Å². The predicted octanol–water partition coefficient (Wildman–Crippen LogP) is 3.53. The molecule has 1 fully saturated rings. The van der Waals surface area contributed by atoms with Crippen molar-refractivity contribution in [3.63, 3.8) is 0 Å². The van der Waals surface area contributed by atoms with Gasteiger partial charge in [-0.2, -0.15) is 0 Å². The van der Waals surface area contributed by atoms with Crippen LogP contribution in [0.25, 0.3) is 0 Å². The maximum Gasteiger partial charge on any atom is 0.0160 e. The van der Waals surface area contributed by atoms with Gasteiger partial charge in [0, 0.05) is 5.54 Å². The SMILES string of the molecule is CC1CCCC(N)(CCc2ccccc2)C1. The Morgan fingerprint density at radius 1 is 1.31 bits per heavy atom. The molecule has 2 rings (SSSR count). The average Bonchev–Trinajstić information content (AvgIpc) is 2.28. The summed E-state index contributed by atoms with van der Waals surface area (Å²) in [6, 6.07) is 10.7. The number of aryl methyl sites for hydroxylation is 1. The van der Waals surface area contributed by atoms with Crippen molar-refractivity contribution in [3.8, 4) is 0 Å². The first kappa shape index (κ1) is 11.7. The van der Waals surface area contributed by atoms with Gasteiger partial charge in [-0.1, -0.05) is 50.1 Å². The molecular weight excluding hydrogens is 194 g/mol. The molecule has 1 saturated carbocycles. The van der Waals surface area contributed by atoms with Gasteiger partial charge in [-0.25, -0.2) is 0 Å². The topological polar surface area (TPSA) is 26.0 Å². The predicted molar refractivity (Wildman–Crippen MR) is 69.3 cm³/mol. The lowest BCUT2D eigenvalue weighted by molar-refractivity contribution is 0.224. The van der Waals surface area contributed by atoms with E-state index in [0.29, 0.717) is 0 Å². The van der Waals surface area contributed by atoms with Gasteiger partial charge in [-0.05, 0) is 37.2 Å². The van der Waals surface area contributed by atoms with Gasteiger partial charge >= 0.3 is 0 Å². The van der Waals surface area contributed by atoms with Gasteiger partial charge < -0.3 is 5.73 Å². The van der Waals surface area contributed by atoms with Gasteiger partial charge in [0.15, 0.2) is 0 Å². The Kier molecular flexibility index (Phi) is 3.65. The normalized spacial score (nSPS) is 30.2. The molecule has 1 aliphatic carbocycles. The van der Waals surface area contributed by atoms with Crippen LogP contribution in [0.2, 0.25) is 0 Å². The zero-order valence-corrected chi connectivity index (χ0v) is 10.3. The molecule has 0 aliphatic heterocycles. The lowest BCUT2D eigenvalue weighted by Gasteiger charge is -2.37. The molecule has 2 atom stereocenters. The number of hydrogen-bond donors (Lipinski definition) is 1. The molecule has 0 radical (unpaired) electrons. The monoisotopic (exact) mass is 217 g/mol. The molecular formula is C15H23N. The van der Waals surface area contributed by atoms with Crippen molar-refractivity contribution < 1.29 is 0 Å². The number of rotatable bonds is 3. The first-order valence-electron chi connectivity index (χ1n) is 6.51. The minimum Gasteiger partial charge on any atom is -0.325 e. The fourth-order valence-electron chi connectivity index (χ4n) is 2.97. The Hall–Kier alpha value is -0.820. The van der Waals surface area contributed by atoms with Crippen LogP contribution in [0.15, 0.2) is 30.3 Å². The second kappa shape index (κ2) is 5.01. The molecule has 2 unspecified atom stereocenters. The maximum absolute atomic E-state index is 6.50. The Morgan fingerprint density at radius 3 is 2.75 bits per heavy atom. The zero-order valence-electron chi connectivity index (χ0n) is 10.3. The highest BCUT2D eigenvalue weighted by molar-refractivity contribution is 5.15. The van der Waals surface area contributed by atoms with E-state index in [2.05, 4.69) is 37.3 Å². The summed E-state index contributed by atoms with van der Waals surface area (Å²) in [6.07, 6.45) is 7.37. The Balaban J connectivity index is 1.89. The fraction of sp³-hybridized carbons (Fsp3) is 0.600. The molecule has 0 saturated heterocycles. The van der Waals surface area contributed by atoms with Crippen molar-refractivity contribution in [2.45, 2.75) is 51.0 Å². The number of benzene rings is 1. The van der Waals surface area contributed by atoms with Crippen LogP contribution in [0.5, 0.6) is 0 Å². The van der Waals surface area contributed by atoms with Gasteiger partial charge in [0.2, 0.25) is 0 Å². The van der Waals surface area contributed by atoms with Crippen molar-refractivity contribution in [2.24, 2.45) is 11.7 Å². The van der Waals surface area contributed by atoms with Gasteiger partial charge in [0.1, 0.15) is 0 Å². The third kappa shape index (κ3) is 3.08. The van der Waals surface area contributed by atoms with E-state index in [1.165, 1.54) is 31.2 Å². The van der Waals surface area contributed by atoms with E-state index in [4.69, 9.17) is 5.73 Å². The summed E-state index contributed by atoms with van der Waals surface area (Å²) in [4.78, 5) is 0. The lowest BCUT2D eigenvalue weighted by Crippen LogP contribution is -2.44. The standard InChI is InChI=1S/C15H23N/c1-13-6-5-10-15(16,12-13)11-9-14-7-3-2-4-8-14/h2-4,7-8,13H,5-6,9-12,16H2,1H3. The molecule has 0 aromatic heterocycles. The molecule has 1 aromatic rings. The summed E-state index contributed by atoms with van der Waals surface area (Å²) in [7, 11) is 0. The van der Waals surface area contributed by atoms with Crippen LogP contribution in [-0.4, -0.2) is 5.54 Å². The highest BCUT2D eigenvalue weighted by Crippen LogP contribution is 2.33. The van der Waals surface area contributed by atoms with E-state index in [1.54, 1.807) is 0 Å². The molecule has 2 N–H and O–H groups in total. The van der Waals surface area contributed by atoms with Gasteiger partial charge in [0.05, 0.1) is 0 Å². The summed E-state index contributed by atoms with van der Waals surface area (Å²) in [5, 5.41) is 0. The van der Waals surface area contributed by atoms with E-state index in [0.717, 1.165) is 18.8 Å². The van der Waals surface area contributed by atoms with Crippen LogP contribution < -0.4 is 5.73 Å². The van der Waals surface area contributed by atoms with Gasteiger partial charge in [0.25, 0.3) is 0 Å². The highest BCUT2D eigenvalue weighted by Gasteiger charge is 2.30. The largest absolute Gasteiger partial charge is 0.325 e. The Morgan fingerprint density at radius 2 is 2.06 bits per heavy atom. The van der Waals surface area contributed by atoms with Crippen molar-refractivity contribution in [1.82, 2.24) is 0 Å². The van der Waals surface area contributed by atoms with E-state index in [9.17, 15) is 0 Å². The zero-order chi connectivity index (χ0) is 11.4. The first-order chi connectivity index (χ1) is 7.68. The molecule has 1 nitrogen and oxygen atoms in total. The van der Waals surface area contributed by atoms with E-state index in [1.807, 2.05) is 0 Å². The lowest BCUT2D eigenvalue weighted by atomic mass is 9.74. The number of nitrogens with two attached hydrogens (primary N) is 1. The van der Waals surface area contributed by atoms with Crippen molar-refractivity contribution in [3.05, 3.63) is 35.9 Å². The molecule has 0 bridgehead atoms. The smallest absolute Gasteiger partial charge is 0.0160 e. The summed E-state index contributed by atoms with van der Waals surface area (Å²) in [5.74, 6) is 0.814. The highest BCUT2D eigenvalue weighted by atomic mass is 14.7. The Labute approximate surface area is 99.0 Å². The van der Waals surface area contributed by atoms with Crippen molar-refractivity contribution in [1.29, 1.82) is 0 Å². The van der Waals surface area contributed by atoms with E-state index >= 15 is 0 Å². The summed E-state index contributed by atoms with van der Waals surface area (Å²) < 4.78 is 0. The van der Waals surface area contributed by atoms with Crippen LogP contribution in [-0.2, 0) is 6.42 Å². The van der Waals surface area contributed by atoms with Crippen LogP contribution in [0.3, 0.4) is 0 Å². The third-order valence-electron chi connectivity index (χ3n) is 3.88. The van der Waals surface area contributed by atoms with E-state index in [-0.39, 0.29) is 5.54 Å². The maximum atomic E-state index is 6.50. The molecule has 0 spiro atoms. The summed E-state index contributed by atoms with van der Waals surface area (Å²) in [5.41, 5.74) is 8.02. The van der Waals surface area contributed by atoms with Gasteiger partial charge in [-0.3, -0.25) is 0 Å². The molecule has 88 valence electrons. The fourth-order valence-corrected chi connectivity index (χ4v) is 2.97. The summed E-state index contributed by atoms with van der Waals surface area (Å²) in [6.45, 7) is 2.34. The number of hydrogen-bond acceptors (Lipinski definition) is 1. The molecule has 1 aromatic carbocycles. The second-order valence-electron chi connectivity index (χ2n) is 5.55. The molecule has 0 heterocycles. The second-order valence-corrected chi connectivity index (χ2v) is 5.55. The van der Waals surface area contributed by atoms with Crippen LogP contribution in [0, 0.1) is 5.92 Å². The Bertz CT molecular complexity index is 319. The van der Waals surface area contributed by atoms with Crippen LogP contribution in [0.4, 0.5) is 0 Å². The van der Waals surface area contributed by atoms with Crippen LogP contribution >= 0.6 is 0 Å². The van der Waals surface area contributed by atoms with Crippen molar-refractivity contribution >= 4 is 0 Å². The van der Waals surface area contributed by atoms with Gasteiger partial charge in [-0.15, -0.1) is 0 Å². The average molecular weight is 217 g/mol. The molecule has 0 amide bonds. The van der Waals surface area contributed by atoms with E-state index < -0.39 is 0 Å². The minimum atomic E-state index is 0.105. The quantitative estimate of drug-likeness (QED) is 0.823. The van der Waals surface area contributed by atoms with Crippen LogP contribution in [0.1, 0.15) is 44.6 Å². The first-order valence-corrected chi connectivity index (χ1v) is 6.51. The third-order valence-corrected chi connectivity index (χ3v) is 3.88. The molecule has 1 aliphatic rings. The molecule has 1 heteroatoms. The summed E-state index contributed by atoms with van der Waals surface area (Å²) >= 11 is 0. The molecule has 16 heavy (non-hydrogen) atoms. The minimum absolute atomic E-state index is 0.105.